The maximum absolute atomic E-state index is 13.0. The Morgan fingerprint density at radius 3 is 2.38 bits per heavy atom. The number of nitrogens with two attached hydrogens (primary N) is 1. The quantitative estimate of drug-likeness (QED) is 0.671. The summed E-state index contributed by atoms with van der Waals surface area (Å²) in [5.41, 5.74) is 8.68. The first-order valence-electron chi connectivity index (χ1n) is 9.82. The maximum atomic E-state index is 13.0. The van der Waals surface area contributed by atoms with Gasteiger partial charge in [-0.2, -0.15) is 0 Å². The molecule has 4 rings (SSSR count). The molecule has 1 aliphatic rings. The zero-order valence-corrected chi connectivity index (χ0v) is 16.4. The molecule has 0 radical (unpaired) electrons. The molecule has 0 unspecified atom stereocenters. The van der Waals surface area contributed by atoms with Gasteiger partial charge in [0.05, 0.1) is 0 Å². The van der Waals surface area contributed by atoms with Gasteiger partial charge in [-0.25, -0.2) is 0 Å². The Labute approximate surface area is 170 Å². The van der Waals surface area contributed by atoms with Gasteiger partial charge in [-0.1, -0.05) is 54.6 Å². The number of hydrogen-bond donors (Lipinski definition) is 1. The number of benzene rings is 2. The zero-order valence-electron chi connectivity index (χ0n) is 16.4. The molecule has 1 aliphatic heterocycles. The highest BCUT2D eigenvalue weighted by atomic mass is 16.4. The highest BCUT2D eigenvalue weighted by molar-refractivity contribution is 5.94. The third-order valence-electron chi connectivity index (χ3n) is 5.65. The fourth-order valence-electron chi connectivity index (χ4n) is 3.99. The van der Waals surface area contributed by atoms with Gasteiger partial charge in [0.25, 0.3) is 5.91 Å². The lowest BCUT2D eigenvalue weighted by Crippen LogP contribution is -2.29. The van der Waals surface area contributed by atoms with Gasteiger partial charge in [-0.05, 0) is 37.1 Å². The summed E-state index contributed by atoms with van der Waals surface area (Å²) >= 11 is 0. The molecule has 0 spiro atoms. The van der Waals surface area contributed by atoms with E-state index in [4.69, 9.17) is 10.2 Å². The van der Waals surface area contributed by atoms with E-state index in [0.29, 0.717) is 36.7 Å². The van der Waals surface area contributed by atoms with E-state index in [2.05, 4.69) is 12.1 Å². The van der Waals surface area contributed by atoms with E-state index in [0.717, 1.165) is 5.56 Å². The number of likely N-dealkylation sites (tertiary alicyclic amines) is 1. The monoisotopic (exact) mass is 388 g/mol. The third kappa shape index (κ3) is 3.87. The molecule has 1 fully saturated rings. The number of carbonyl (C=O) groups excluding carboxylic acids is 2. The van der Waals surface area contributed by atoms with E-state index in [1.54, 1.807) is 24.3 Å². The molecule has 148 valence electrons. The number of nitrogens with zero attached hydrogens (tertiary/aromatic N) is 1. The van der Waals surface area contributed by atoms with Crippen LogP contribution in [0.25, 0.3) is 11.3 Å². The van der Waals surface area contributed by atoms with E-state index >= 15 is 0 Å². The Kier molecular flexibility index (Phi) is 5.32. The molecule has 3 aromatic rings. The van der Waals surface area contributed by atoms with Crippen LogP contribution < -0.4 is 5.73 Å². The van der Waals surface area contributed by atoms with E-state index < -0.39 is 0 Å². The van der Waals surface area contributed by atoms with Crippen LogP contribution in [-0.4, -0.2) is 36.2 Å². The van der Waals surface area contributed by atoms with Crippen molar-refractivity contribution in [2.75, 3.05) is 19.6 Å². The van der Waals surface area contributed by atoms with Gasteiger partial charge in [0, 0.05) is 30.1 Å². The Hall–Kier alpha value is -3.18. The first-order valence-corrected chi connectivity index (χ1v) is 9.82. The van der Waals surface area contributed by atoms with Crippen molar-refractivity contribution in [2.24, 2.45) is 11.7 Å². The molecule has 1 aromatic heterocycles. The lowest BCUT2D eigenvalue weighted by Gasteiger charge is -2.16. The minimum Gasteiger partial charge on any atom is -0.451 e. The van der Waals surface area contributed by atoms with E-state index in [9.17, 15) is 9.59 Å². The summed E-state index contributed by atoms with van der Waals surface area (Å²) in [5.74, 6) is 1.29. The molecule has 0 saturated carbocycles. The molecule has 2 N–H and O–H groups in total. The molecule has 1 saturated heterocycles. The Morgan fingerprint density at radius 1 is 1.00 bits per heavy atom. The molecule has 2 heterocycles. The second kappa shape index (κ2) is 8.05. The predicted molar refractivity (Wildman–Crippen MR) is 112 cm³/mol. The lowest BCUT2D eigenvalue weighted by atomic mass is 9.89. The van der Waals surface area contributed by atoms with Crippen LogP contribution in [0.5, 0.6) is 0 Å². The number of amides is 1. The van der Waals surface area contributed by atoms with Crippen LogP contribution in [0.4, 0.5) is 0 Å². The van der Waals surface area contributed by atoms with Crippen LogP contribution in [0.15, 0.2) is 71.1 Å². The topological polar surface area (TPSA) is 76.5 Å². The summed E-state index contributed by atoms with van der Waals surface area (Å²) < 4.78 is 5.85. The van der Waals surface area contributed by atoms with Crippen LogP contribution >= 0.6 is 0 Å². The third-order valence-corrected chi connectivity index (χ3v) is 5.65. The summed E-state index contributed by atoms with van der Waals surface area (Å²) in [6.45, 7) is 3.33. The number of hydrogen-bond acceptors (Lipinski definition) is 4. The van der Waals surface area contributed by atoms with Gasteiger partial charge in [-0.15, -0.1) is 0 Å². The normalized spacial score (nSPS) is 18.8. The van der Waals surface area contributed by atoms with Gasteiger partial charge in [0.2, 0.25) is 0 Å². The van der Waals surface area contributed by atoms with Crippen molar-refractivity contribution in [3.63, 3.8) is 0 Å². The molecule has 5 heteroatoms. The number of carbonyl (C=O) groups is 2. The van der Waals surface area contributed by atoms with E-state index in [1.165, 1.54) is 12.5 Å². The van der Waals surface area contributed by atoms with Crippen LogP contribution in [0.2, 0.25) is 0 Å². The summed E-state index contributed by atoms with van der Waals surface area (Å²) in [5, 5.41) is 0. The zero-order chi connectivity index (χ0) is 20.4. The van der Waals surface area contributed by atoms with Crippen molar-refractivity contribution < 1.29 is 14.0 Å². The van der Waals surface area contributed by atoms with Crippen molar-refractivity contribution in [1.82, 2.24) is 4.90 Å². The minimum atomic E-state index is -0.117. The molecule has 29 heavy (non-hydrogen) atoms. The summed E-state index contributed by atoms with van der Waals surface area (Å²) in [6, 6.07) is 20.9. The first-order chi connectivity index (χ1) is 14.1. The van der Waals surface area contributed by atoms with Gasteiger partial charge in [0.1, 0.15) is 5.76 Å². The van der Waals surface area contributed by atoms with Gasteiger partial charge in [0.15, 0.2) is 11.5 Å². The van der Waals surface area contributed by atoms with Gasteiger partial charge >= 0.3 is 0 Å². The molecular formula is C24H24N2O3. The fraction of sp³-hybridized carbons (Fsp3) is 0.250. The van der Waals surface area contributed by atoms with Crippen molar-refractivity contribution in [3.05, 3.63) is 83.6 Å². The minimum absolute atomic E-state index is 0.0170. The molecule has 2 aromatic carbocycles. The second-order valence-corrected chi connectivity index (χ2v) is 7.52. The van der Waals surface area contributed by atoms with E-state index in [1.807, 2.05) is 35.2 Å². The molecule has 2 atom stereocenters. The molecule has 0 bridgehead atoms. The van der Waals surface area contributed by atoms with Crippen molar-refractivity contribution >= 4 is 11.7 Å². The smallest absolute Gasteiger partial charge is 0.289 e. The highest BCUT2D eigenvalue weighted by Crippen LogP contribution is 2.33. The molecule has 5 nitrogen and oxygen atoms in total. The number of furan rings is 1. The molecule has 1 amide bonds. The first kappa shape index (κ1) is 19.2. The maximum Gasteiger partial charge on any atom is 0.289 e. The Balaban J connectivity index is 1.51. The standard InChI is InChI=1S/C24H24N2O3/c1-16(27)17-7-9-19(10-8-17)22-11-12-23(29-22)24(28)26-14-20(13-25)21(15-26)18-5-3-2-4-6-18/h2-12,20-21H,13-15,25H2,1H3/t20-,21+/m1/s1. The summed E-state index contributed by atoms with van der Waals surface area (Å²) in [6.07, 6.45) is 0. The predicted octanol–water partition coefficient (Wildman–Crippen LogP) is 3.96. The average molecular weight is 388 g/mol. The average Bonchev–Trinajstić information content (AvgIpc) is 3.41. The fourth-order valence-corrected chi connectivity index (χ4v) is 3.99. The number of rotatable bonds is 5. The van der Waals surface area contributed by atoms with Gasteiger partial charge < -0.3 is 15.1 Å². The Morgan fingerprint density at radius 2 is 1.72 bits per heavy atom. The molecule has 0 aliphatic carbocycles. The number of Topliss-reactive ketones (excluding diaryl/α,β-unsaturated/α-hetero) is 1. The van der Waals surface area contributed by atoms with Crippen LogP contribution in [0.1, 0.15) is 39.3 Å². The summed E-state index contributed by atoms with van der Waals surface area (Å²) in [4.78, 5) is 26.3. The van der Waals surface area contributed by atoms with E-state index in [-0.39, 0.29) is 23.5 Å². The summed E-state index contributed by atoms with van der Waals surface area (Å²) in [7, 11) is 0. The second-order valence-electron chi connectivity index (χ2n) is 7.52. The molecular weight excluding hydrogens is 364 g/mol. The van der Waals surface area contributed by atoms with Crippen molar-refractivity contribution in [1.29, 1.82) is 0 Å². The van der Waals surface area contributed by atoms with Crippen molar-refractivity contribution in [2.45, 2.75) is 12.8 Å². The van der Waals surface area contributed by atoms with Crippen LogP contribution in [-0.2, 0) is 0 Å². The Bertz CT molecular complexity index is 1010. The number of ketones is 1. The lowest BCUT2D eigenvalue weighted by molar-refractivity contribution is 0.0755. The van der Waals surface area contributed by atoms with Crippen LogP contribution in [0, 0.1) is 5.92 Å². The van der Waals surface area contributed by atoms with Crippen molar-refractivity contribution in [3.8, 4) is 11.3 Å². The van der Waals surface area contributed by atoms with Crippen LogP contribution in [0.3, 0.4) is 0 Å². The highest BCUT2D eigenvalue weighted by Gasteiger charge is 2.36. The SMILES string of the molecule is CC(=O)c1ccc(-c2ccc(C(=O)N3C[C@@H](CN)[C@H](c4ccccc4)C3)o2)cc1. The largest absolute Gasteiger partial charge is 0.451 e. The van der Waals surface area contributed by atoms with Gasteiger partial charge in [-0.3, -0.25) is 9.59 Å².